The summed E-state index contributed by atoms with van der Waals surface area (Å²) in [7, 11) is 0. The van der Waals surface area contributed by atoms with Crippen LogP contribution >= 0.6 is 27.5 Å². The third kappa shape index (κ3) is 5.41. The van der Waals surface area contributed by atoms with Gasteiger partial charge in [0.2, 0.25) is 0 Å². The Morgan fingerprint density at radius 1 is 1.26 bits per heavy atom. The molecule has 1 N–H and O–H groups in total. The van der Waals surface area contributed by atoms with Gasteiger partial charge in [0.1, 0.15) is 5.82 Å². The van der Waals surface area contributed by atoms with Crippen molar-refractivity contribution >= 4 is 27.5 Å². The molecule has 4 heteroatoms. The van der Waals surface area contributed by atoms with Gasteiger partial charge in [-0.3, -0.25) is 0 Å². The highest BCUT2D eigenvalue weighted by Crippen LogP contribution is 2.28. The minimum atomic E-state index is -0.290. The average Bonchev–Trinajstić information content (AvgIpc) is 2.41. The summed E-state index contributed by atoms with van der Waals surface area (Å²) in [5.74, 6) is -0.290. The van der Waals surface area contributed by atoms with Gasteiger partial charge in [-0.15, -0.1) is 0 Å². The Morgan fingerprint density at radius 3 is 2.63 bits per heavy atom. The lowest BCUT2D eigenvalue weighted by Crippen LogP contribution is -2.30. The van der Waals surface area contributed by atoms with Gasteiger partial charge >= 0.3 is 0 Å². The predicted octanol–water partition coefficient (Wildman–Crippen LogP) is 5.34. The number of halogens is 3. The molecule has 0 aliphatic rings. The van der Waals surface area contributed by atoms with Gasteiger partial charge < -0.3 is 5.32 Å². The number of hydrogen-bond acceptors (Lipinski definition) is 1. The van der Waals surface area contributed by atoms with E-state index in [1.807, 2.05) is 12.1 Å². The van der Waals surface area contributed by atoms with Gasteiger partial charge in [-0.05, 0) is 59.8 Å². The highest BCUT2D eigenvalue weighted by molar-refractivity contribution is 9.10. The number of nitrogens with one attached hydrogen (secondary N) is 1. The maximum atomic E-state index is 14.0. The highest BCUT2D eigenvalue weighted by atomic mass is 79.9. The second-order valence-electron chi connectivity index (χ2n) is 4.81. The van der Waals surface area contributed by atoms with Crippen LogP contribution in [0.1, 0.15) is 45.1 Å². The molecular weight excluding hydrogens is 329 g/mol. The molecule has 19 heavy (non-hydrogen) atoms. The van der Waals surface area contributed by atoms with Crippen molar-refractivity contribution in [3.05, 3.63) is 33.0 Å². The molecule has 1 nitrogen and oxygen atoms in total. The fraction of sp³-hybridized carbons (Fsp3) is 0.600. The van der Waals surface area contributed by atoms with Crippen molar-refractivity contribution < 1.29 is 4.39 Å². The lowest BCUT2D eigenvalue weighted by atomic mass is 10.0. The molecular formula is C15H22BrClFN. The Hall–Kier alpha value is -0.120. The zero-order chi connectivity index (χ0) is 14.3. The van der Waals surface area contributed by atoms with E-state index in [1.165, 1.54) is 0 Å². The van der Waals surface area contributed by atoms with Crippen molar-refractivity contribution in [3.63, 3.8) is 0 Å². The van der Waals surface area contributed by atoms with Crippen molar-refractivity contribution in [2.45, 2.75) is 52.0 Å². The molecule has 1 aromatic carbocycles. The monoisotopic (exact) mass is 349 g/mol. The molecule has 1 rings (SSSR count). The number of rotatable bonds is 8. The van der Waals surface area contributed by atoms with Crippen LogP contribution in [0.3, 0.4) is 0 Å². The zero-order valence-electron chi connectivity index (χ0n) is 11.6. The first-order chi connectivity index (χ1) is 9.10. The second-order valence-corrected chi connectivity index (χ2v) is 6.05. The molecule has 0 aliphatic heterocycles. The Bertz CT molecular complexity index is 398. The Morgan fingerprint density at radius 2 is 2.00 bits per heavy atom. The molecule has 0 bridgehead atoms. The molecule has 0 saturated heterocycles. The van der Waals surface area contributed by atoms with Crippen LogP contribution in [0, 0.1) is 5.82 Å². The van der Waals surface area contributed by atoms with Crippen LogP contribution in [0.5, 0.6) is 0 Å². The van der Waals surface area contributed by atoms with E-state index in [2.05, 4.69) is 35.1 Å². The summed E-state index contributed by atoms with van der Waals surface area (Å²) in [6, 6.07) is 4.09. The van der Waals surface area contributed by atoms with Crippen LogP contribution in [-0.4, -0.2) is 12.6 Å². The summed E-state index contributed by atoms with van der Waals surface area (Å²) in [4.78, 5) is 0. The quantitative estimate of drug-likeness (QED) is 0.624. The fourth-order valence-corrected chi connectivity index (χ4v) is 2.62. The zero-order valence-corrected chi connectivity index (χ0v) is 14.0. The summed E-state index contributed by atoms with van der Waals surface area (Å²) in [6.45, 7) is 5.36. The lowest BCUT2D eigenvalue weighted by molar-refractivity contribution is 0.445. The summed E-state index contributed by atoms with van der Waals surface area (Å²) < 4.78 is 14.6. The molecule has 0 spiro atoms. The van der Waals surface area contributed by atoms with E-state index in [0.717, 1.165) is 38.6 Å². The average molecular weight is 351 g/mol. The molecule has 0 aliphatic carbocycles. The van der Waals surface area contributed by atoms with Gasteiger partial charge in [0, 0.05) is 10.5 Å². The van der Waals surface area contributed by atoms with Crippen LogP contribution in [-0.2, 0) is 6.42 Å². The van der Waals surface area contributed by atoms with E-state index in [4.69, 9.17) is 11.6 Å². The third-order valence-corrected chi connectivity index (χ3v) is 4.46. The normalized spacial score (nSPS) is 12.7. The molecule has 0 heterocycles. The topological polar surface area (TPSA) is 12.0 Å². The van der Waals surface area contributed by atoms with Crippen LogP contribution in [0.4, 0.5) is 4.39 Å². The molecule has 108 valence electrons. The van der Waals surface area contributed by atoms with Gasteiger partial charge in [0.15, 0.2) is 0 Å². The van der Waals surface area contributed by atoms with Gasteiger partial charge in [-0.2, -0.15) is 0 Å². The number of hydrogen-bond donors (Lipinski definition) is 1. The summed E-state index contributed by atoms with van der Waals surface area (Å²) in [5, 5.41) is 3.71. The maximum absolute atomic E-state index is 14.0. The molecule has 0 radical (unpaired) electrons. The van der Waals surface area contributed by atoms with Gasteiger partial charge in [-0.1, -0.05) is 37.9 Å². The summed E-state index contributed by atoms with van der Waals surface area (Å²) in [6.07, 6.45) is 5.07. The van der Waals surface area contributed by atoms with E-state index in [0.29, 0.717) is 16.1 Å². The Kier molecular flexibility index (Phi) is 7.96. The predicted molar refractivity (Wildman–Crippen MR) is 84.4 cm³/mol. The molecule has 1 aromatic rings. The highest BCUT2D eigenvalue weighted by Gasteiger charge is 2.12. The molecule has 0 saturated carbocycles. The van der Waals surface area contributed by atoms with Crippen LogP contribution in [0.25, 0.3) is 0 Å². The van der Waals surface area contributed by atoms with Gasteiger partial charge in [0.25, 0.3) is 0 Å². The Balaban J connectivity index is 2.61. The number of benzene rings is 1. The first-order valence-electron chi connectivity index (χ1n) is 6.95. The van der Waals surface area contributed by atoms with E-state index in [9.17, 15) is 4.39 Å². The number of aryl methyl sites for hydroxylation is 1. The fourth-order valence-electron chi connectivity index (χ4n) is 2.13. The molecule has 0 aromatic heterocycles. The largest absolute Gasteiger partial charge is 0.314 e. The summed E-state index contributed by atoms with van der Waals surface area (Å²) >= 11 is 9.14. The third-order valence-electron chi connectivity index (χ3n) is 3.20. The van der Waals surface area contributed by atoms with E-state index in [1.54, 1.807) is 0 Å². The van der Waals surface area contributed by atoms with Crippen LogP contribution in [0.15, 0.2) is 16.6 Å². The first kappa shape index (κ1) is 16.9. The minimum absolute atomic E-state index is 0.186. The maximum Gasteiger partial charge on any atom is 0.146 e. The van der Waals surface area contributed by atoms with Crippen molar-refractivity contribution in [3.8, 4) is 0 Å². The van der Waals surface area contributed by atoms with Crippen molar-refractivity contribution in [1.29, 1.82) is 0 Å². The first-order valence-corrected chi connectivity index (χ1v) is 8.13. The minimum Gasteiger partial charge on any atom is -0.314 e. The molecule has 0 amide bonds. The van der Waals surface area contributed by atoms with E-state index < -0.39 is 0 Å². The molecule has 0 fully saturated rings. The smallest absolute Gasteiger partial charge is 0.146 e. The SMILES string of the molecule is CCCNC(CCC)CCc1ccc(Br)c(Cl)c1F. The van der Waals surface area contributed by atoms with Gasteiger partial charge in [-0.25, -0.2) is 4.39 Å². The van der Waals surface area contributed by atoms with Crippen molar-refractivity contribution in [2.75, 3.05) is 6.54 Å². The standard InChI is InChI=1S/C15H22BrClFN/c1-3-5-12(19-10-4-2)8-6-11-7-9-13(16)14(17)15(11)18/h7,9,12,19H,3-6,8,10H2,1-2H3. The van der Waals surface area contributed by atoms with E-state index >= 15 is 0 Å². The Labute approximate surface area is 129 Å². The summed E-state index contributed by atoms with van der Waals surface area (Å²) in [5.41, 5.74) is 0.701. The lowest BCUT2D eigenvalue weighted by Gasteiger charge is -2.18. The van der Waals surface area contributed by atoms with Crippen LogP contribution < -0.4 is 5.32 Å². The molecule has 1 atom stereocenters. The van der Waals surface area contributed by atoms with Crippen LogP contribution in [0.2, 0.25) is 5.02 Å². The second kappa shape index (κ2) is 8.93. The van der Waals surface area contributed by atoms with Gasteiger partial charge in [0.05, 0.1) is 5.02 Å². The van der Waals surface area contributed by atoms with E-state index in [-0.39, 0.29) is 10.8 Å². The van der Waals surface area contributed by atoms with Crippen molar-refractivity contribution in [2.24, 2.45) is 0 Å². The molecule has 1 unspecified atom stereocenters. The van der Waals surface area contributed by atoms with Crippen molar-refractivity contribution in [1.82, 2.24) is 5.32 Å².